The number of likely N-dealkylation sites (N-methyl/N-ethyl adjacent to an activating group) is 2. The van der Waals surface area contributed by atoms with Crippen LogP contribution in [0.2, 0.25) is 0 Å². The van der Waals surface area contributed by atoms with Crippen LogP contribution < -0.4 is 10.2 Å². The Labute approximate surface area is 128 Å². The molecule has 0 heterocycles. The van der Waals surface area contributed by atoms with Crippen LogP contribution in [0.25, 0.3) is 0 Å². The van der Waals surface area contributed by atoms with E-state index in [1.54, 1.807) is 12.1 Å². The number of hydrogen-bond acceptors (Lipinski definition) is 2. The van der Waals surface area contributed by atoms with Gasteiger partial charge in [-0.25, -0.2) is 4.39 Å². The molecule has 1 aliphatic carbocycles. The predicted octanol–water partition coefficient (Wildman–Crippen LogP) is 4.21. The molecule has 0 aliphatic heterocycles. The number of nitrogens with zero attached hydrogens (tertiary/aromatic N) is 1. The highest BCUT2D eigenvalue weighted by molar-refractivity contribution is 5.47. The molecule has 0 amide bonds. The maximum atomic E-state index is 14.0. The van der Waals surface area contributed by atoms with Crippen LogP contribution in [0.5, 0.6) is 0 Å². The van der Waals surface area contributed by atoms with Crippen LogP contribution in [-0.2, 0) is 0 Å². The largest absolute Gasteiger partial charge is 0.368 e. The zero-order chi connectivity index (χ0) is 15.1. The van der Waals surface area contributed by atoms with Crippen molar-refractivity contribution in [3.05, 3.63) is 30.1 Å². The molecule has 118 valence electrons. The van der Waals surface area contributed by atoms with Crippen LogP contribution in [-0.4, -0.2) is 25.7 Å². The Morgan fingerprint density at radius 1 is 1.19 bits per heavy atom. The van der Waals surface area contributed by atoms with Gasteiger partial charge in [0, 0.05) is 19.1 Å². The van der Waals surface area contributed by atoms with Crippen molar-refractivity contribution < 1.29 is 4.39 Å². The number of para-hydroxylation sites is 1. The number of nitrogens with one attached hydrogen (secondary N) is 1. The van der Waals surface area contributed by atoms with Gasteiger partial charge in [-0.15, -0.1) is 0 Å². The summed E-state index contributed by atoms with van der Waals surface area (Å²) in [6, 6.07) is 7.60. The van der Waals surface area contributed by atoms with Crippen LogP contribution >= 0.6 is 0 Å². The Hall–Kier alpha value is -1.09. The summed E-state index contributed by atoms with van der Waals surface area (Å²) in [7, 11) is 0. The molecule has 0 aromatic heterocycles. The van der Waals surface area contributed by atoms with Crippen molar-refractivity contribution in [2.24, 2.45) is 5.92 Å². The third kappa shape index (κ3) is 4.44. The van der Waals surface area contributed by atoms with Crippen LogP contribution in [0.3, 0.4) is 0 Å². The van der Waals surface area contributed by atoms with Crippen molar-refractivity contribution in [3.63, 3.8) is 0 Å². The van der Waals surface area contributed by atoms with Gasteiger partial charge in [0.1, 0.15) is 5.82 Å². The first kappa shape index (κ1) is 16.3. The molecule has 1 aliphatic rings. The Morgan fingerprint density at radius 3 is 2.52 bits per heavy atom. The molecule has 1 saturated carbocycles. The van der Waals surface area contributed by atoms with Crippen molar-refractivity contribution in [2.75, 3.05) is 24.5 Å². The van der Waals surface area contributed by atoms with Crippen molar-refractivity contribution in [1.29, 1.82) is 0 Å². The standard InChI is InChI=1S/C18H29FN2/c1-3-20-17(15-10-6-5-7-11-15)14-21(4-2)18-13-9-8-12-16(18)19/h8-9,12-13,15,17,20H,3-7,10-11,14H2,1-2H3. The second-order valence-corrected chi connectivity index (χ2v) is 6.05. The highest BCUT2D eigenvalue weighted by atomic mass is 19.1. The Balaban J connectivity index is 2.07. The van der Waals surface area contributed by atoms with E-state index in [4.69, 9.17) is 0 Å². The van der Waals surface area contributed by atoms with Crippen molar-refractivity contribution in [3.8, 4) is 0 Å². The second-order valence-electron chi connectivity index (χ2n) is 6.05. The minimum atomic E-state index is -0.113. The number of benzene rings is 1. The molecule has 2 nitrogen and oxygen atoms in total. The van der Waals surface area contributed by atoms with E-state index in [0.29, 0.717) is 6.04 Å². The molecule has 0 radical (unpaired) electrons. The molecular weight excluding hydrogens is 263 g/mol. The van der Waals surface area contributed by atoms with Gasteiger partial charge in [0.15, 0.2) is 0 Å². The number of hydrogen-bond donors (Lipinski definition) is 1. The maximum Gasteiger partial charge on any atom is 0.146 e. The van der Waals surface area contributed by atoms with Gasteiger partial charge in [0.25, 0.3) is 0 Å². The molecule has 1 unspecified atom stereocenters. The Kier molecular flexibility index (Phi) is 6.50. The molecule has 3 heteroatoms. The second kappa shape index (κ2) is 8.38. The van der Waals surface area contributed by atoms with Crippen LogP contribution in [0.4, 0.5) is 10.1 Å². The van der Waals surface area contributed by atoms with Crippen LogP contribution in [0.1, 0.15) is 46.0 Å². The zero-order valence-electron chi connectivity index (χ0n) is 13.4. The van der Waals surface area contributed by atoms with Gasteiger partial charge in [-0.05, 0) is 44.4 Å². The maximum absolute atomic E-state index is 14.0. The van der Waals surface area contributed by atoms with E-state index in [2.05, 4.69) is 24.1 Å². The Morgan fingerprint density at radius 2 is 1.90 bits per heavy atom. The summed E-state index contributed by atoms with van der Waals surface area (Å²) < 4.78 is 14.0. The first-order valence-electron chi connectivity index (χ1n) is 8.49. The summed E-state index contributed by atoms with van der Waals surface area (Å²) >= 11 is 0. The van der Waals surface area contributed by atoms with Gasteiger partial charge in [0.05, 0.1) is 5.69 Å². The van der Waals surface area contributed by atoms with E-state index in [1.807, 2.05) is 12.1 Å². The average Bonchev–Trinajstić information content (AvgIpc) is 2.53. The molecule has 1 N–H and O–H groups in total. The SMILES string of the molecule is CCNC(CN(CC)c1ccccc1F)C1CCCCC1. The average molecular weight is 292 g/mol. The van der Waals surface area contributed by atoms with E-state index in [-0.39, 0.29) is 5.82 Å². The smallest absolute Gasteiger partial charge is 0.146 e. The summed E-state index contributed by atoms with van der Waals surface area (Å²) in [6.45, 7) is 6.99. The first-order valence-corrected chi connectivity index (χ1v) is 8.49. The van der Waals surface area contributed by atoms with Gasteiger partial charge < -0.3 is 10.2 Å². The van der Waals surface area contributed by atoms with E-state index in [0.717, 1.165) is 31.2 Å². The fourth-order valence-electron chi connectivity index (χ4n) is 3.52. The van der Waals surface area contributed by atoms with E-state index in [1.165, 1.54) is 32.1 Å². The predicted molar refractivity (Wildman–Crippen MR) is 88.3 cm³/mol. The quantitative estimate of drug-likeness (QED) is 0.810. The minimum absolute atomic E-state index is 0.113. The summed E-state index contributed by atoms with van der Waals surface area (Å²) in [5.41, 5.74) is 0.735. The van der Waals surface area contributed by atoms with E-state index >= 15 is 0 Å². The molecule has 0 bridgehead atoms. The molecule has 2 rings (SSSR count). The molecule has 1 aromatic rings. The van der Waals surface area contributed by atoms with E-state index in [9.17, 15) is 4.39 Å². The lowest BCUT2D eigenvalue weighted by molar-refractivity contribution is 0.272. The highest BCUT2D eigenvalue weighted by Gasteiger charge is 2.25. The summed E-state index contributed by atoms with van der Waals surface area (Å²) in [5, 5.41) is 3.64. The number of halogens is 1. The molecule has 0 spiro atoms. The third-order valence-corrected chi connectivity index (χ3v) is 4.68. The van der Waals surface area contributed by atoms with E-state index < -0.39 is 0 Å². The monoisotopic (exact) mass is 292 g/mol. The molecule has 0 saturated heterocycles. The number of anilines is 1. The fraction of sp³-hybridized carbons (Fsp3) is 0.667. The van der Waals surface area contributed by atoms with Crippen molar-refractivity contribution in [2.45, 2.75) is 52.0 Å². The van der Waals surface area contributed by atoms with Crippen molar-refractivity contribution in [1.82, 2.24) is 5.32 Å². The Bertz CT molecular complexity index is 415. The third-order valence-electron chi connectivity index (χ3n) is 4.68. The van der Waals surface area contributed by atoms with Gasteiger partial charge in [-0.2, -0.15) is 0 Å². The molecule has 21 heavy (non-hydrogen) atoms. The van der Waals surface area contributed by atoms with Gasteiger partial charge in [-0.1, -0.05) is 38.3 Å². The lowest BCUT2D eigenvalue weighted by atomic mass is 9.83. The van der Waals surface area contributed by atoms with Crippen molar-refractivity contribution >= 4 is 5.69 Å². The number of rotatable bonds is 7. The zero-order valence-corrected chi connectivity index (χ0v) is 13.4. The van der Waals surface area contributed by atoms with Crippen LogP contribution in [0.15, 0.2) is 24.3 Å². The first-order chi connectivity index (χ1) is 10.3. The fourth-order valence-corrected chi connectivity index (χ4v) is 3.52. The van der Waals surface area contributed by atoms with Gasteiger partial charge in [-0.3, -0.25) is 0 Å². The summed E-state index contributed by atoms with van der Waals surface area (Å²) in [5.74, 6) is 0.623. The van der Waals surface area contributed by atoms with Gasteiger partial charge >= 0.3 is 0 Å². The van der Waals surface area contributed by atoms with Crippen LogP contribution in [0, 0.1) is 11.7 Å². The lowest BCUT2D eigenvalue weighted by Gasteiger charge is -2.35. The molecule has 1 atom stereocenters. The molecular formula is C18H29FN2. The normalized spacial score (nSPS) is 17.7. The summed E-state index contributed by atoms with van der Waals surface area (Å²) in [4.78, 5) is 2.18. The molecule has 1 fully saturated rings. The minimum Gasteiger partial charge on any atom is -0.368 e. The molecule has 1 aromatic carbocycles. The van der Waals surface area contributed by atoms with Gasteiger partial charge in [0.2, 0.25) is 0 Å². The topological polar surface area (TPSA) is 15.3 Å². The lowest BCUT2D eigenvalue weighted by Crippen LogP contribution is -2.46. The summed E-state index contributed by atoms with van der Waals surface area (Å²) in [6.07, 6.45) is 6.69. The highest BCUT2D eigenvalue weighted by Crippen LogP contribution is 2.28.